The van der Waals surface area contributed by atoms with Gasteiger partial charge in [0.05, 0.1) is 0 Å². The van der Waals surface area contributed by atoms with Gasteiger partial charge in [0.15, 0.2) is 0 Å². The van der Waals surface area contributed by atoms with Crippen molar-refractivity contribution < 1.29 is 10.2 Å². The zero-order chi connectivity index (χ0) is 15.5. The summed E-state index contributed by atoms with van der Waals surface area (Å²) in [7, 11) is 0. The van der Waals surface area contributed by atoms with Gasteiger partial charge in [-0.1, -0.05) is 18.9 Å². The third kappa shape index (κ3) is 1.66. The second kappa shape index (κ2) is 4.52. The maximum atomic E-state index is 10.9. The Labute approximate surface area is 132 Å². The second-order valence-electron chi connectivity index (χ2n) is 7.80. The predicted octanol–water partition coefficient (Wildman–Crippen LogP) is 3.61. The van der Waals surface area contributed by atoms with Gasteiger partial charge >= 0.3 is 0 Å². The van der Waals surface area contributed by atoms with Gasteiger partial charge in [-0.2, -0.15) is 0 Å². The van der Waals surface area contributed by atoms with E-state index in [0.29, 0.717) is 23.5 Å². The maximum absolute atomic E-state index is 10.9. The lowest BCUT2D eigenvalue weighted by molar-refractivity contribution is -0.0646. The van der Waals surface area contributed by atoms with Crippen molar-refractivity contribution >= 4 is 0 Å². The van der Waals surface area contributed by atoms with Crippen LogP contribution in [0.15, 0.2) is 18.2 Å². The molecule has 2 heteroatoms. The van der Waals surface area contributed by atoms with Crippen molar-refractivity contribution in [3.63, 3.8) is 0 Å². The van der Waals surface area contributed by atoms with Crippen LogP contribution in [0.1, 0.15) is 56.1 Å². The van der Waals surface area contributed by atoms with E-state index in [0.717, 1.165) is 38.5 Å². The van der Waals surface area contributed by atoms with Gasteiger partial charge in [0.25, 0.3) is 0 Å². The van der Waals surface area contributed by atoms with Gasteiger partial charge in [0.2, 0.25) is 0 Å². The molecule has 116 valence electrons. The Hall–Kier alpha value is -1.46. The van der Waals surface area contributed by atoms with E-state index in [-0.39, 0.29) is 5.41 Å². The average molecular weight is 296 g/mol. The Morgan fingerprint density at radius 2 is 2.05 bits per heavy atom. The van der Waals surface area contributed by atoms with Crippen LogP contribution in [0, 0.1) is 29.6 Å². The molecule has 3 aliphatic rings. The molecule has 0 saturated heterocycles. The van der Waals surface area contributed by atoms with E-state index >= 15 is 0 Å². The molecule has 4 rings (SSSR count). The molecule has 0 bridgehead atoms. The smallest absolute Gasteiger partial charge is 0.130 e. The van der Waals surface area contributed by atoms with E-state index in [1.54, 1.807) is 0 Å². The zero-order valence-electron chi connectivity index (χ0n) is 13.2. The number of rotatable bonds is 0. The van der Waals surface area contributed by atoms with Crippen molar-refractivity contribution in [2.75, 3.05) is 0 Å². The molecule has 0 radical (unpaired) electrons. The van der Waals surface area contributed by atoms with Gasteiger partial charge in [-0.15, -0.1) is 6.42 Å². The number of hydrogen-bond acceptors (Lipinski definition) is 2. The van der Waals surface area contributed by atoms with E-state index < -0.39 is 5.60 Å². The molecule has 1 aromatic carbocycles. The number of aryl methyl sites for hydroxylation is 1. The SMILES string of the molecule is C#C[C@@]1(O)CC[C@H]2[C@H]3CCc4cc(O)ccc4[C@H]3CC[C@]21C. The number of phenolic OH excluding ortho intramolecular Hbond substituents is 1. The predicted molar refractivity (Wildman–Crippen MR) is 86.5 cm³/mol. The van der Waals surface area contributed by atoms with E-state index in [2.05, 4.69) is 18.9 Å². The fourth-order valence-electron chi connectivity index (χ4n) is 5.82. The quantitative estimate of drug-likeness (QED) is 0.718. The average Bonchev–Trinajstić information content (AvgIpc) is 2.79. The highest BCUT2D eigenvalue weighted by Gasteiger charge is 2.61. The minimum Gasteiger partial charge on any atom is -0.508 e. The van der Waals surface area contributed by atoms with E-state index in [1.165, 1.54) is 11.1 Å². The Morgan fingerprint density at radius 1 is 1.23 bits per heavy atom. The summed E-state index contributed by atoms with van der Waals surface area (Å²) in [5.41, 5.74) is 1.69. The molecule has 2 saturated carbocycles. The highest BCUT2D eigenvalue weighted by molar-refractivity contribution is 5.40. The van der Waals surface area contributed by atoms with Crippen LogP contribution in [0.2, 0.25) is 0 Å². The summed E-state index contributed by atoms with van der Waals surface area (Å²) >= 11 is 0. The van der Waals surface area contributed by atoms with E-state index in [4.69, 9.17) is 6.42 Å². The highest BCUT2D eigenvalue weighted by atomic mass is 16.3. The number of aliphatic hydroxyl groups is 1. The first-order valence-electron chi connectivity index (χ1n) is 8.50. The van der Waals surface area contributed by atoms with Crippen molar-refractivity contribution in [3.05, 3.63) is 29.3 Å². The molecule has 5 atom stereocenters. The van der Waals surface area contributed by atoms with Crippen molar-refractivity contribution in [3.8, 4) is 18.1 Å². The molecule has 0 spiro atoms. The van der Waals surface area contributed by atoms with Gasteiger partial charge in [-0.3, -0.25) is 0 Å². The number of benzene rings is 1. The molecule has 3 aliphatic carbocycles. The fourth-order valence-corrected chi connectivity index (χ4v) is 5.82. The normalized spacial score (nSPS) is 42.9. The molecule has 2 nitrogen and oxygen atoms in total. The monoisotopic (exact) mass is 296 g/mol. The standard InChI is InChI=1S/C20H24O2/c1-3-20(22)11-9-18-17-6-4-13-12-14(21)5-7-15(13)16(17)8-10-19(18,20)2/h1,5,7,12,16-18,21-22H,4,6,8-11H2,2H3/t16-,17+,18+,19-,20-/m1/s1. The molecule has 0 heterocycles. The molecule has 0 aromatic heterocycles. The third-order valence-corrected chi connectivity index (χ3v) is 7.10. The first-order chi connectivity index (χ1) is 10.5. The number of hydrogen-bond donors (Lipinski definition) is 2. The topological polar surface area (TPSA) is 40.5 Å². The molecule has 22 heavy (non-hydrogen) atoms. The number of phenols is 1. The van der Waals surface area contributed by atoms with Crippen LogP contribution in [-0.2, 0) is 6.42 Å². The Kier molecular flexibility index (Phi) is 2.91. The first kappa shape index (κ1) is 14.2. The Balaban J connectivity index is 1.72. The van der Waals surface area contributed by atoms with Gasteiger partial charge in [-0.05, 0) is 79.5 Å². The number of aromatic hydroxyl groups is 1. The Morgan fingerprint density at radius 3 is 2.82 bits per heavy atom. The van der Waals surface area contributed by atoms with Crippen molar-refractivity contribution in [2.45, 2.75) is 57.0 Å². The van der Waals surface area contributed by atoms with Gasteiger partial charge in [0, 0.05) is 5.41 Å². The molecule has 0 unspecified atom stereocenters. The zero-order valence-corrected chi connectivity index (χ0v) is 13.2. The second-order valence-corrected chi connectivity index (χ2v) is 7.80. The summed E-state index contributed by atoms with van der Waals surface area (Å²) in [5.74, 6) is 4.82. The van der Waals surface area contributed by atoms with Crippen LogP contribution in [-0.4, -0.2) is 15.8 Å². The maximum Gasteiger partial charge on any atom is 0.130 e. The van der Waals surface area contributed by atoms with E-state index in [9.17, 15) is 10.2 Å². The van der Waals surface area contributed by atoms with E-state index in [1.807, 2.05) is 12.1 Å². The molecule has 0 amide bonds. The molecule has 2 fully saturated rings. The first-order valence-corrected chi connectivity index (χ1v) is 8.50. The lowest BCUT2D eigenvalue weighted by atomic mass is 9.53. The third-order valence-electron chi connectivity index (χ3n) is 7.10. The van der Waals surface area contributed by atoms with Crippen LogP contribution in [0.5, 0.6) is 5.75 Å². The lowest BCUT2D eigenvalue weighted by Gasteiger charge is -2.52. The Bertz CT molecular complexity index is 658. The molecular weight excluding hydrogens is 272 g/mol. The van der Waals surface area contributed by atoms with Crippen LogP contribution in [0.4, 0.5) is 0 Å². The lowest BCUT2D eigenvalue weighted by Crippen LogP contribution is -2.50. The fraction of sp³-hybridized carbons (Fsp3) is 0.600. The highest BCUT2D eigenvalue weighted by Crippen LogP contribution is 2.64. The molecule has 1 aromatic rings. The number of fused-ring (bicyclic) bond motifs is 5. The largest absolute Gasteiger partial charge is 0.508 e. The van der Waals surface area contributed by atoms with Crippen LogP contribution < -0.4 is 0 Å². The summed E-state index contributed by atoms with van der Waals surface area (Å²) in [6.07, 6.45) is 11.8. The van der Waals surface area contributed by atoms with Gasteiger partial charge in [0.1, 0.15) is 11.4 Å². The summed E-state index contributed by atoms with van der Waals surface area (Å²) < 4.78 is 0. The summed E-state index contributed by atoms with van der Waals surface area (Å²) in [5, 5.41) is 20.6. The van der Waals surface area contributed by atoms with Crippen molar-refractivity contribution in [1.82, 2.24) is 0 Å². The minimum atomic E-state index is -0.919. The van der Waals surface area contributed by atoms with Crippen LogP contribution in [0.25, 0.3) is 0 Å². The van der Waals surface area contributed by atoms with Crippen LogP contribution in [0.3, 0.4) is 0 Å². The van der Waals surface area contributed by atoms with Crippen molar-refractivity contribution in [1.29, 1.82) is 0 Å². The molecule has 0 aliphatic heterocycles. The van der Waals surface area contributed by atoms with Crippen molar-refractivity contribution in [2.24, 2.45) is 17.3 Å². The molecular formula is C20H24O2. The molecule has 2 N–H and O–H groups in total. The summed E-state index contributed by atoms with van der Waals surface area (Å²) in [4.78, 5) is 0. The van der Waals surface area contributed by atoms with Crippen LogP contribution >= 0.6 is 0 Å². The number of terminal acetylenes is 1. The summed E-state index contributed by atoms with van der Waals surface area (Å²) in [6, 6.07) is 5.87. The minimum absolute atomic E-state index is 0.128. The summed E-state index contributed by atoms with van der Waals surface area (Å²) in [6.45, 7) is 2.22. The van der Waals surface area contributed by atoms with Gasteiger partial charge < -0.3 is 10.2 Å². The van der Waals surface area contributed by atoms with Gasteiger partial charge in [-0.25, -0.2) is 0 Å².